The third-order valence-corrected chi connectivity index (χ3v) is 13.0. The summed E-state index contributed by atoms with van der Waals surface area (Å²) in [4.78, 5) is 10.3. The van der Waals surface area contributed by atoms with Crippen LogP contribution in [-0.4, -0.2) is 9.97 Å². The molecule has 1 aliphatic rings. The Balaban J connectivity index is 0.947. The van der Waals surface area contributed by atoms with Crippen LogP contribution in [0.15, 0.2) is 200 Å². The summed E-state index contributed by atoms with van der Waals surface area (Å²) in [6, 6.07) is 72.1. The zero-order valence-corrected chi connectivity index (χ0v) is 32.2. The van der Waals surface area contributed by atoms with Crippen molar-refractivity contribution in [2.75, 3.05) is 0 Å². The Morgan fingerprint density at radius 2 is 0.912 bits per heavy atom. The van der Waals surface area contributed by atoms with Gasteiger partial charge >= 0.3 is 0 Å². The summed E-state index contributed by atoms with van der Waals surface area (Å²) in [6.07, 6.45) is 0. The van der Waals surface area contributed by atoms with Gasteiger partial charge in [-0.15, -0.1) is 11.3 Å². The lowest BCUT2D eigenvalue weighted by atomic mass is 9.74. The lowest BCUT2D eigenvalue weighted by Gasteiger charge is -2.28. The Kier molecular flexibility index (Phi) is 7.84. The van der Waals surface area contributed by atoms with Gasteiger partial charge in [0.2, 0.25) is 0 Å². The van der Waals surface area contributed by atoms with Gasteiger partial charge in [0, 0.05) is 42.3 Å². The van der Waals surface area contributed by atoms with E-state index in [9.17, 15) is 0 Å². The highest BCUT2D eigenvalue weighted by Crippen LogP contribution is 2.52. The van der Waals surface area contributed by atoms with Crippen molar-refractivity contribution in [3.05, 3.63) is 217 Å². The molecule has 57 heavy (non-hydrogen) atoms. The van der Waals surface area contributed by atoms with E-state index < -0.39 is 0 Å². The molecule has 0 amide bonds. The molecule has 2 aromatic heterocycles. The fraction of sp³-hybridized carbons (Fsp3) is 0.0370. The first-order valence-electron chi connectivity index (χ1n) is 19.5. The Bertz CT molecular complexity index is 3080. The van der Waals surface area contributed by atoms with Gasteiger partial charge in [-0.3, -0.25) is 0 Å². The number of hydrogen-bond donors (Lipinski definition) is 0. The van der Waals surface area contributed by atoms with Crippen LogP contribution in [0.1, 0.15) is 23.6 Å². The van der Waals surface area contributed by atoms with Crippen molar-refractivity contribution in [2.45, 2.75) is 12.3 Å². The lowest BCUT2D eigenvalue weighted by molar-refractivity contribution is 0.714. The van der Waals surface area contributed by atoms with Crippen LogP contribution in [0.3, 0.4) is 0 Å². The second kappa shape index (κ2) is 13.4. The molecule has 0 unspecified atom stereocenters. The van der Waals surface area contributed by atoms with Crippen molar-refractivity contribution >= 4 is 31.5 Å². The van der Waals surface area contributed by atoms with Crippen molar-refractivity contribution in [1.82, 2.24) is 9.97 Å². The lowest BCUT2D eigenvalue weighted by Crippen LogP contribution is -2.22. The highest BCUT2D eigenvalue weighted by molar-refractivity contribution is 7.26. The van der Waals surface area contributed by atoms with Gasteiger partial charge in [0.05, 0.1) is 11.4 Å². The molecule has 3 heteroatoms. The molecule has 0 radical (unpaired) electrons. The average molecular weight is 745 g/mol. The van der Waals surface area contributed by atoms with E-state index >= 15 is 0 Å². The zero-order valence-electron chi connectivity index (χ0n) is 31.4. The molecule has 0 saturated heterocycles. The normalized spacial score (nSPS) is 12.8. The zero-order chi connectivity index (χ0) is 37.9. The van der Waals surface area contributed by atoms with Crippen molar-refractivity contribution in [2.24, 2.45) is 0 Å². The van der Waals surface area contributed by atoms with Crippen LogP contribution in [0.5, 0.6) is 0 Å². The van der Waals surface area contributed by atoms with E-state index in [4.69, 9.17) is 9.97 Å². The summed E-state index contributed by atoms with van der Waals surface area (Å²) < 4.78 is 2.62. The first-order chi connectivity index (χ1) is 28.1. The van der Waals surface area contributed by atoms with Gasteiger partial charge in [0.25, 0.3) is 0 Å². The molecule has 11 rings (SSSR count). The topological polar surface area (TPSA) is 25.8 Å². The first kappa shape index (κ1) is 33.4. The van der Waals surface area contributed by atoms with Crippen molar-refractivity contribution < 1.29 is 0 Å². The monoisotopic (exact) mass is 744 g/mol. The molecule has 10 aromatic rings. The van der Waals surface area contributed by atoms with E-state index in [-0.39, 0.29) is 5.41 Å². The molecule has 8 aromatic carbocycles. The maximum atomic E-state index is 5.16. The van der Waals surface area contributed by atoms with Crippen LogP contribution in [-0.2, 0) is 5.41 Å². The molecule has 0 fully saturated rings. The molecule has 2 nitrogen and oxygen atoms in total. The number of aromatic nitrogens is 2. The van der Waals surface area contributed by atoms with Crippen LogP contribution < -0.4 is 0 Å². The van der Waals surface area contributed by atoms with Gasteiger partial charge in [0.15, 0.2) is 5.82 Å². The number of rotatable bonds is 6. The minimum Gasteiger partial charge on any atom is -0.228 e. The highest BCUT2D eigenvalue weighted by atomic mass is 32.1. The van der Waals surface area contributed by atoms with Gasteiger partial charge in [-0.25, -0.2) is 9.97 Å². The Hall–Kier alpha value is -6.94. The quantitative estimate of drug-likeness (QED) is 0.169. The van der Waals surface area contributed by atoms with Crippen molar-refractivity contribution in [3.63, 3.8) is 0 Å². The van der Waals surface area contributed by atoms with Crippen LogP contribution >= 0.6 is 11.3 Å². The summed E-state index contributed by atoms with van der Waals surface area (Å²) in [5.74, 6) is 0.711. The fourth-order valence-corrected chi connectivity index (χ4v) is 10.1. The third kappa shape index (κ3) is 5.54. The molecule has 268 valence electrons. The van der Waals surface area contributed by atoms with Gasteiger partial charge < -0.3 is 0 Å². The molecular formula is C54H36N2S. The number of thiophene rings is 1. The minimum absolute atomic E-state index is 0.206. The second-order valence-electron chi connectivity index (χ2n) is 15.1. The van der Waals surface area contributed by atoms with Crippen molar-refractivity contribution in [3.8, 4) is 67.3 Å². The van der Waals surface area contributed by atoms with E-state index in [2.05, 4.69) is 189 Å². The number of fused-ring (bicyclic) bond motifs is 6. The predicted molar refractivity (Wildman–Crippen MR) is 240 cm³/mol. The first-order valence-corrected chi connectivity index (χ1v) is 20.3. The SMILES string of the molecule is CC1(c2ccc(-c3ccc(-c4cc(-c5cccc(-c6cccc7c6sc6ccccc67)c5)nc(-c5ccccc5)n4)cc3)cc2)c2ccccc2-c2ccccc21. The fourth-order valence-electron chi connectivity index (χ4n) is 8.87. The van der Waals surface area contributed by atoms with Crippen molar-refractivity contribution in [1.29, 1.82) is 0 Å². The van der Waals surface area contributed by atoms with E-state index in [0.29, 0.717) is 5.82 Å². The highest BCUT2D eigenvalue weighted by Gasteiger charge is 2.40. The molecule has 0 spiro atoms. The average Bonchev–Trinajstić information content (AvgIpc) is 3.80. The summed E-state index contributed by atoms with van der Waals surface area (Å²) >= 11 is 1.86. The summed E-state index contributed by atoms with van der Waals surface area (Å²) in [5.41, 5.74) is 16.1. The van der Waals surface area contributed by atoms with E-state index in [1.54, 1.807) is 0 Å². The maximum absolute atomic E-state index is 5.16. The Morgan fingerprint density at radius 1 is 0.386 bits per heavy atom. The standard InChI is InChI=1S/C54H36N2S/c1-54(47-22-8-5-17-43(47)44-18-6-9-23-48(44)54)41-31-29-36(30-32-41)35-25-27-37(28-26-35)49-34-50(56-53(55-49)38-13-3-2-4-14-38)40-16-11-15-39(33-40)42-20-12-21-46-45-19-7-10-24-51(45)57-52(42)46/h2-34H,1H3. The molecule has 0 aliphatic heterocycles. The Labute approximate surface area is 336 Å². The Morgan fingerprint density at radius 3 is 1.65 bits per heavy atom. The number of nitrogens with zero attached hydrogens (tertiary/aromatic N) is 2. The third-order valence-electron chi connectivity index (χ3n) is 11.8. The molecular weight excluding hydrogens is 709 g/mol. The smallest absolute Gasteiger partial charge is 0.160 e. The molecule has 0 saturated carbocycles. The van der Waals surface area contributed by atoms with E-state index in [1.165, 1.54) is 70.2 Å². The van der Waals surface area contributed by atoms with Crippen LogP contribution in [0, 0.1) is 0 Å². The van der Waals surface area contributed by atoms with E-state index in [0.717, 1.165) is 28.1 Å². The molecule has 0 N–H and O–H groups in total. The second-order valence-corrected chi connectivity index (χ2v) is 16.1. The van der Waals surface area contributed by atoms with Crippen LogP contribution in [0.2, 0.25) is 0 Å². The summed E-state index contributed by atoms with van der Waals surface area (Å²) in [5, 5.41) is 2.61. The maximum Gasteiger partial charge on any atom is 0.160 e. The molecule has 1 aliphatic carbocycles. The van der Waals surface area contributed by atoms with Gasteiger partial charge in [-0.1, -0.05) is 182 Å². The van der Waals surface area contributed by atoms with Crippen LogP contribution in [0.25, 0.3) is 87.5 Å². The van der Waals surface area contributed by atoms with Gasteiger partial charge in [0.1, 0.15) is 0 Å². The number of hydrogen-bond acceptors (Lipinski definition) is 3. The van der Waals surface area contributed by atoms with Crippen LogP contribution in [0.4, 0.5) is 0 Å². The van der Waals surface area contributed by atoms with E-state index in [1.807, 2.05) is 29.5 Å². The largest absolute Gasteiger partial charge is 0.228 e. The number of benzene rings is 8. The predicted octanol–water partition coefficient (Wildman–Crippen LogP) is 14.5. The summed E-state index contributed by atoms with van der Waals surface area (Å²) in [6.45, 7) is 2.36. The van der Waals surface area contributed by atoms with Gasteiger partial charge in [-0.05, 0) is 75.2 Å². The summed E-state index contributed by atoms with van der Waals surface area (Å²) in [7, 11) is 0. The molecule has 0 atom stereocenters. The van der Waals surface area contributed by atoms with Gasteiger partial charge in [-0.2, -0.15) is 0 Å². The minimum atomic E-state index is -0.206. The molecule has 0 bridgehead atoms. The molecule has 2 heterocycles.